The Hall–Kier alpha value is -0.980. The molecule has 0 aliphatic carbocycles. The number of aryl methyl sites for hydroxylation is 2. The van der Waals surface area contributed by atoms with Crippen LogP contribution in [-0.2, 0) is 6.42 Å². The monoisotopic (exact) mass is 149 g/mol. The van der Waals surface area contributed by atoms with Gasteiger partial charge in [0.05, 0.1) is 0 Å². The maximum atomic E-state index is 3.39. The van der Waals surface area contributed by atoms with Crippen molar-refractivity contribution in [1.82, 2.24) is 0 Å². The van der Waals surface area contributed by atoms with E-state index in [1.807, 2.05) is 0 Å². The first-order chi connectivity index (χ1) is 5.36. The summed E-state index contributed by atoms with van der Waals surface area (Å²) in [7, 11) is 0. The Morgan fingerprint density at radius 3 is 3.27 bits per heavy atom. The van der Waals surface area contributed by atoms with Crippen molar-refractivity contribution in [3.63, 3.8) is 0 Å². The average molecular weight is 149 g/mol. The van der Waals surface area contributed by atoms with Crippen LogP contribution in [0.4, 0.5) is 5.69 Å². The first-order valence-electron chi connectivity index (χ1n) is 4.20. The fraction of sp³-hybridized carbons (Fsp3) is 0.400. The van der Waals surface area contributed by atoms with Crippen molar-refractivity contribution in [1.29, 1.82) is 0 Å². The molecule has 1 aromatic rings. The Bertz CT molecular complexity index is 271. The normalized spacial score (nSPS) is 15.4. The molecule has 0 amide bonds. The standard InChI is InChI=1S/C10H13N.H2/c1-8-4-5-10-9(7-8)3-2-6-11-10;/h4-5,7,11H,2-3,6H2,1H3;1H. The molecule has 0 atom stereocenters. The summed E-state index contributed by atoms with van der Waals surface area (Å²) in [5, 5.41) is 3.39. The van der Waals surface area contributed by atoms with Crippen molar-refractivity contribution in [2.75, 3.05) is 11.9 Å². The van der Waals surface area contributed by atoms with Crippen molar-refractivity contribution < 1.29 is 1.43 Å². The molecule has 1 nitrogen and oxygen atoms in total. The van der Waals surface area contributed by atoms with Gasteiger partial charge in [0.15, 0.2) is 0 Å². The number of anilines is 1. The van der Waals surface area contributed by atoms with E-state index in [4.69, 9.17) is 0 Å². The first-order valence-corrected chi connectivity index (χ1v) is 4.20. The second kappa shape index (κ2) is 2.57. The zero-order valence-electron chi connectivity index (χ0n) is 6.85. The molecule has 60 valence electrons. The third-order valence-corrected chi connectivity index (χ3v) is 2.20. The SMILES string of the molecule is Cc1ccc2c(c1)CCCN2.[HH]. The van der Waals surface area contributed by atoms with Gasteiger partial charge in [0.25, 0.3) is 0 Å². The summed E-state index contributed by atoms with van der Waals surface area (Å²) in [6.45, 7) is 3.28. The van der Waals surface area contributed by atoms with Gasteiger partial charge in [0, 0.05) is 13.7 Å². The molecule has 0 unspecified atom stereocenters. The van der Waals surface area contributed by atoms with Crippen molar-refractivity contribution >= 4 is 5.69 Å². The summed E-state index contributed by atoms with van der Waals surface area (Å²) >= 11 is 0. The Morgan fingerprint density at radius 2 is 2.36 bits per heavy atom. The summed E-state index contributed by atoms with van der Waals surface area (Å²) in [5.74, 6) is 0. The highest BCUT2D eigenvalue weighted by molar-refractivity contribution is 5.54. The van der Waals surface area contributed by atoms with E-state index in [1.54, 1.807) is 0 Å². The molecule has 0 bridgehead atoms. The van der Waals surface area contributed by atoms with Gasteiger partial charge in [-0.2, -0.15) is 0 Å². The Labute approximate surface area is 68.9 Å². The van der Waals surface area contributed by atoms with Crippen LogP contribution >= 0.6 is 0 Å². The summed E-state index contributed by atoms with van der Waals surface area (Å²) in [5.41, 5.74) is 4.19. The molecule has 0 fully saturated rings. The van der Waals surface area contributed by atoms with Gasteiger partial charge in [-0.05, 0) is 31.4 Å². The van der Waals surface area contributed by atoms with Crippen molar-refractivity contribution in [2.24, 2.45) is 0 Å². The van der Waals surface area contributed by atoms with Crippen molar-refractivity contribution in [2.45, 2.75) is 19.8 Å². The summed E-state index contributed by atoms with van der Waals surface area (Å²) in [6, 6.07) is 6.63. The smallest absolute Gasteiger partial charge is 0.0372 e. The summed E-state index contributed by atoms with van der Waals surface area (Å²) < 4.78 is 0. The van der Waals surface area contributed by atoms with Crippen LogP contribution in [0, 0.1) is 6.92 Å². The summed E-state index contributed by atoms with van der Waals surface area (Å²) in [4.78, 5) is 0. The maximum absolute atomic E-state index is 3.39. The largest absolute Gasteiger partial charge is 0.385 e. The van der Waals surface area contributed by atoms with E-state index in [0.717, 1.165) is 6.54 Å². The van der Waals surface area contributed by atoms with Crippen LogP contribution in [0.25, 0.3) is 0 Å². The molecule has 1 N–H and O–H groups in total. The number of rotatable bonds is 0. The quantitative estimate of drug-likeness (QED) is 0.598. The number of benzene rings is 1. The van der Waals surface area contributed by atoms with Crippen LogP contribution in [0.2, 0.25) is 0 Å². The van der Waals surface area contributed by atoms with Gasteiger partial charge in [-0.1, -0.05) is 17.7 Å². The van der Waals surface area contributed by atoms with Gasteiger partial charge in [0.1, 0.15) is 0 Å². The minimum Gasteiger partial charge on any atom is -0.385 e. The molecule has 11 heavy (non-hydrogen) atoms. The molecule has 1 heterocycles. The first kappa shape index (κ1) is 6.71. The van der Waals surface area contributed by atoms with Gasteiger partial charge < -0.3 is 5.32 Å². The lowest BCUT2D eigenvalue weighted by atomic mass is 10.0. The lowest BCUT2D eigenvalue weighted by Crippen LogP contribution is -2.11. The Kier molecular flexibility index (Phi) is 1.57. The van der Waals surface area contributed by atoms with E-state index < -0.39 is 0 Å². The maximum Gasteiger partial charge on any atom is 0.0372 e. The van der Waals surface area contributed by atoms with Gasteiger partial charge in [-0.3, -0.25) is 0 Å². The highest BCUT2D eigenvalue weighted by Gasteiger charge is 2.06. The van der Waals surface area contributed by atoms with Crippen molar-refractivity contribution in [3.05, 3.63) is 29.3 Å². The van der Waals surface area contributed by atoms with E-state index in [0.29, 0.717) is 0 Å². The van der Waals surface area contributed by atoms with Gasteiger partial charge in [-0.25, -0.2) is 0 Å². The van der Waals surface area contributed by atoms with Crippen LogP contribution in [0.5, 0.6) is 0 Å². The molecule has 0 radical (unpaired) electrons. The van der Waals surface area contributed by atoms with Crippen molar-refractivity contribution in [3.8, 4) is 0 Å². The predicted molar refractivity (Wildman–Crippen MR) is 50.1 cm³/mol. The lowest BCUT2D eigenvalue weighted by molar-refractivity contribution is 0.829. The van der Waals surface area contributed by atoms with Crippen LogP contribution in [0.15, 0.2) is 18.2 Å². The molecule has 1 heteroatoms. The fourth-order valence-electron chi connectivity index (χ4n) is 1.60. The predicted octanol–water partition coefficient (Wildman–Crippen LogP) is 2.60. The fourth-order valence-corrected chi connectivity index (χ4v) is 1.60. The molecule has 1 aliphatic heterocycles. The highest BCUT2D eigenvalue weighted by atomic mass is 14.9. The molecule has 0 spiro atoms. The second-order valence-corrected chi connectivity index (χ2v) is 3.19. The lowest BCUT2D eigenvalue weighted by Gasteiger charge is -2.17. The average Bonchev–Trinajstić information content (AvgIpc) is 2.04. The third-order valence-electron chi connectivity index (χ3n) is 2.20. The van der Waals surface area contributed by atoms with E-state index in [2.05, 4.69) is 30.4 Å². The molecular weight excluding hydrogens is 134 g/mol. The number of hydrogen-bond donors (Lipinski definition) is 1. The minimum absolute atomic E-state index is 0. The molecule has 1 aliphatic rings. The highest BCUT2D eigenvalue weighted by Crippen LogP contribution is 2.22. The van der Waals surface area contributed by atoms with Crippen LogP contribution in [0.1, 0.15) is 19.0 Å². The zero-order valence-corrected chi connectivity index (χ0v) is 6.85. The number of nitrogens with one attached hydrogen (secondary N) is 1. The third kappa shape index (κ3) is 1.23. The van der Waals surface area contributed by atoms with E-state index >= 15 is 0 Å². The topological polar surface area (TPSA) is 12.0 Å². The second-order valence-electron chi connectivity index (χ2n) is 3.19. The minimum atomic E-state index is 0. The number of fused-ring (bicyclic) bond motifs is 1. The van der Waals surface area contributed by atoms with E-state index in [-0.39, 0.29) is 1.43 Å². The molecule has 0 saturated heterocycles. The molecule has 2 rings (SSSR count). The molecule has 0 saturated carbocycles. The van der Waals surface area contributed by atoms with Crippen LogP contribution in [0.3, 0.4) is 0 Å². The van der Waals surface area contributed by atoms with E-state index in [1.165, 1.54) is 29.7 Å². The Morgan fingerprint density at radius 1 is 1.45 bits per heavy atom. The van der Waals surface area contributed by atoms with Gasteiger partial charge in [-0.15, -0.1) is 0 Å². The van der Waals surface area contributed by atoms with Gasteiger partial charge >= 0.3 is 0 Å². The van der Waals surface area contributed by atoms with E-state index in [9.17, 15) is 0 Å². The zero-order chi connectivity index (χ0) is 7.68. The Balaban J connectivity index is 0.000000720. The van der Waals surface area contributed by atoms with Crippen LogP contribution < -0.4 is 5.32 Å². The molecule has 1 aromatic carbocycles. The molecular formula is C10H15N. The summed E-state index contributed by atoms with van der Waals surface area (Å²) in [6.07, 6.45) is 2.51. The number of hydrogen-bond acceptors (Lipinski definition) is 1. The van der Waals surface area contributed by atoms with Crippen LogP contribution in [-0.4, -0.2) is 6.54 Å². The molecule has 0 aromatic heterocycles. The van der Waals surface area contributed by atoms with Gasteiger partial charge in [0.2, 0.25) is 0 Å².